The van der Waals surface area contributed by atoms with E-state index >= 15 is 0 Å². The summed E-state index contributed by atoms with van der Waals surface area (Å²) >= 11 is 0. The van der Waals surface area contributed by atoms with Gasteiger partial charge in [0.25, 0.3) is 11.8 Å². The number of anilines is 1. The Morgan fingerprint density at radius 3 is 1.85 bits per heavy atom. The third kappa shape index (κ3) is 7.43. The molecule has 2 rings (SSSR count). The molecule has 0 heterocycles. The normalized spacial score (nSPS) is 13.2. The molecule has 0 saturated heterocycles. The lowest BCUT2D eigenvalue weighted by atomic mass is 10.0. The van der Waals surface area contributed by atoms with Crippen molar-refractivity contribution in [1.82, 2.24) is 10.8 Å². The van der Waals surface area contributed by atoms with Gasteiger partial charge in [-0.25, -0.2) is 5.48 Å². The number of amides is 3. The molecule has 0 aliphatic heterocycles. The first kappa shape index (κ1) is 25.5. The zero-order chi connectivity index (χ0) is 24.5. The van der Waals surface area contributed by atoms with Gasteiger partial charge in [-0.05, 0) is 61.4 Å². The van der Waals surface area contributed by atoms with Crippen molar-refractivity contribution in [2.24, 2.45) is 11.7 Å². The maximum atomic E-state index is 12.3. The molecule has 3 atom stereocenters. The van der Waals surface area contributed by atoms with Crippen LogP contribution in [-0.4, -0.2) is 46.2 Å². The van der Waals surface area contributed by atoms with Crippen LogP contribution in [0.15, 0.2) is 48.5 Å². The number of nitrogens with two attached hydrogens (primary N) is 1. The Morgan fingerprint density at radius 1 is 0.879 bits per heavy atom. The average molecular weight is 453 g/mol. The van der Waals surface area contributed by atoms with Gasteiger partial charge in [-0.3, -0.25) is 19.6 Å². The van der Waals surface area contributed by atoms with Crippen molar-refractivity contribution in [2.75, 3.05) is 5.32 Å². The number of carbonyl (C=O) groups is 3. The Hall–Kier alpha value is -3.71. The maximum Gasteiger partial charge on any atom is 0.268 e. The Morgan fingerprint density at radius 2 is 1.39 bits per heavy atom. The zero-order valence-electron chi connectivity index (χ0n) is 18.6. The van der Waals surface area contributed by atoms with Crippen molar-refractivity contribution >= 4 is 23.4 Å². The molecular weight excluding hydrogens is 424 g/mol. The third-order valence-electron chi connectivity index (χ3n) is 4.83. The van der Waals surface area contributed by atoms with Gasteiger partial charge in [0.15, 0.2) is 0 Å². The molecule has 174 valence electrons. The summed E-state index contributed by atoms with van der Waals surface area (Å²) in [5.74, 6) is 4.26. The molecule has 0 aromatic heterocycles. The first-order valence-electron chi connectivity index (χ1n) is 10.3. The van der Waals surface area contributed by atoms with Gasteiger partial charge in [0.2, 0.25) is 5.91 Å². The van der Waals surface area contributed by atoms with Gasteiger partial charge in [0.05, 0.1) is 12.1 Å². The molecule has 9 nitrogen and oxygen atoms in total. The minimum Gasteiger partial charge on any atom is -0.391 e. The SMILES string of the molecule is CC(C)[C@H](N)C(=O)Nc1ccc(C#Cc2ccc(C(=O)N[C@H](C(=O)NO)[C@@H](C)O)cc2)cc1. The average Bonchev–Trinajstić information content (AvgIpc) is 2.80. The minimum atomic E-state index is -1.30. The largest absolute Gasteiger partial charge is 0.391 e. The molecule has 0 aliphatic carbocycles. The summed E-state index contributed by atoms with van der Waals surface area (Å²) in [5, 5.41) is 23.5. The number of aliphatic hydroxyl groups is 1. The van der Waals surface area contributed by atoms with E-state index in [0.717, 1.165) is 5.56 Å². The molecule has 9 heteroatoms. The lowest BCUT2D eigenvalue weighted by Crippen LogP contribution is -2.51. The van der Waals surface area contributed by atoms with Crippen LogP contribution in [0.2, 0.25) is 0 Å². The van der Waals surface area contributed by atoms with E-state index in [-0.39, 0.29) is 17.4 Å². The highest BCUT2D eigenvalue weighted by Gasteiger charge is 2.25. The van der Waals surface area contributed by atoms with Gasteiger partial charge in [-0.1, -0.05) is 25.7 Å². The second-order valence-corrected chi connectivity index (χ2v) is 7.83. The second kappa shape index (κ2) is 11.8. The van der Waals surface area contributed by atoms with Crippen molar-refractivity contribution in [2.45, 2.75) is 39.0 Å². The predicted octanol–water partition coefficient (Wildman–Crippen LogP) is 0.993. The van der Waals surface area contributed by atoms with Crippen molar-refractivity contribution in [3.63, 3.8) is 0 Å². The highest BCUT2D eigenvalue weighted by Crippen LogP contribution is 2.11. The first-order valence-corrected chi connectivity index (χ1v) is 10.3. The van der Waals surface area contributed by atoms with Crippen LogP contribution < -0.4 is 21.8 Å². The van der Waals surface area contributed by atoms with Crippen molar-refractivity contribution < 1.29 is 24.7 Å². The molecule has 3 amide bonds. The maximum absolute atomic E-state index is 12.3. The second-order valence-electron chi connectivity index (χ2n) is 7.83. The van der Waals surface area contributed by atoms with E-state index in [0.29, 0.717) is 11.3 Å². The number of carbonyl (C=O) groups excluding carboxylic acids is 3. The fourth-order valence-corrected chi connectivity index (χ4v) is 2.71. The third-order valence-corrected chi connectivity index (χ3v) is 4.83. The van der Waals surface area contributed by atoms with Gasteiger partial charge >= 0.3 is 0 Å². The number of benzene rings is 2. The molecule has 0 fully saturated rings. The lowest BCUT2D eigenvalue weighted by molar-refractivity contribution is -0.133. The molecular formula is C24H28N4O5. The molecule has 0 radical (unpaired) electrons. The van der Waals surface area contributed by atoms with Crippen LogP contribution in [-0.2, 0) is 9.59 Å². The Labute approximate surface area is 192 Å². The van der Waals surface area contributed by atoms with E-state index < -0.39 is 30.0 Å². The topological polar surface area (TPSA) is 154 Å². The molecule has 0 bridgehead atoms. The van der Waals surface area contributed by atoms with E-state index in [2.05, 4.69) is 22.5 Å². The summed E-state index contributed by atoms with van der Waals surface area (Å²) in [5.41, 5.74) is 9.53. The van der Waals surface area contributed by atoms with E-state index in [1.165, 1.54) is 24.5 Å². The van der Waals surface area contributed by atoms with Crippen LogP contribution in [0.4, 0.5) is 5.69 Å². The summed E-state index contributed by atoms with van der Waals surface area (Å²) in [7, 11) is 0. The number of nitrogens with one attached hydrogen (secondary N) is 3. The van der Waals surface area contributed by atoms with Gasteiger partial charge in [-0.15, -0.1) is 0 Å². The Kier molecular flexibility index (Phi) is 9.12. The summed E-state index contributed by atoms with van der Waals surface area (Å²) < 4.78 is 0. The number of aliphatic hydroxyl groups excluding tert-OH is 1. The van der Waals surface area contributed by atoms with Crippen LogP contribution in [0, 0.1) is 17.8 Å². The van der Waals surface area contributed by atoms with Gasteiger partial charge < -0.3 is 21.5 Å². The van der Waals surface area contributed by atoms with Gasteiger partial charge in [-0.2, -0.15) is 0 Å². The number of hydrogen-bond acceptors (Lipinski definition) is 6. The van der Waals surface area contributed by atoms with Crippen LogP contribution in [0.25, 0.3) is 0 Å². The van der Waals surface area contributed by atoms with Gasteiger partial charge in [0, 0.05) is 22.4 Å². The van der Waals surface area contributed by atoms with Crippen LogP contribution in [0.3, 0.4) is 0 Å². The van der Waals surface area contributed by atoms with Crippen LogP contribution in [0.1, 0.15) is 42.3 Å². The fraction of sp³-hybridized carbons (Fsp3) is 0.292. The predicted molar refractivity (Wildman–Crippen MR) is 123 cm³/mol. The van der Waals surface area contributed by atoms with Crippen molar-refractivity contribution in [1.29, 1.82) is 0 Å². The smallest absolute Gasteiger partial charge is 0.268 e. The van der Waals surface area contributed by atoms with E-state index in [4.69, 9.17) is 10.9 Å². The van der Waals surface area contributed by atoms with Crippen LogP contribution in [0.5, 0.6) is 0 Å². The van der Waals surface area contributed by atoms with E-state index in [1.54, 1.807) is 36.4 Å². The number of hydrogen-bond donors (Lipinski definition) is 6. The van der Waals surface area contributed by atoms with Crippen LogP contribution >= 0.6 is 0 Å². The summed E-state index contributed by atoms with van der Waals surface area (Å²) in [4.78, 5) is 35.9. The molecule has 0 aliphatic rings. The van der Waals surface area contributed by atoms with E-state index in [9.17, 15) is 19.5 Å². The molecule has 0 saturated carbocycles. The molecule has 2 aromatic rings. The summed E-state index contributed by atoms with van der Waals surface area (Å²) in [6.45, 7) is 5.08. The Balaban J connectivity index is 2.02. The number of rotatable bonds is 7. The minimum absolute atomic E-state index is 0.0345. The fourth-order valence-electron chi connectivity index (χ4n) is 2.71. The molecule has 7 N–H and O–H groups in total. The first-order chi connectivity index (χ1) is 15.6. The van der Waals surface area contributed by atoms with Crippen molar-refractivity contribution in [3.8, 4) is 11.8 Å². The van der Waals surface area contributed by atoms with Crippen molar-refractivity contribution in [3.05, 3.63) is 65.2 Å². The molecule has 33 heavy (non-hydrogen) atoms. The quantitative estimate of drug-likeness (QED) is 0.209. The summed E-state index contributed by atoms with van der Waals surface area (Å²) in [6, 6.07) is 11.5. The molecule has 2 aromatic carbocycles. The molecule has 0 spiro atoms. The Bertz CT molecular complexity index is 1040. The highest BCUT2D eigenvalue weighted by atomic mass is 16.5. The zero-order valence-corrected chi connectivity index (χ0v) is 18.6. The monoisotopic (exact) mass is 452 g/mol. The van der Waals surface area contributed by atoms with Gasteiger partial charge in [0.1, 0.15) is 6.04 Å². The molecule has 0 unspecified atom stereocenters. The summed E-state index contributed by atoms with van der Waals surface area (Å²) in [6.07, 6.45) is -1.20. The van der Waals surface area contributed by atoms with E-state index in [1.807, 2.05) is 13.8 Å². The highest BCUT2D eigenvalue weighted by molar-refractivity contribution is 5.97. The number of hydroxylamine groups is 1. The standard InChI is InChI=1S/C24H28N4O5/c1-14(2)20(25)23(31)26-19-12-8-17(9-13-19)5-4-16-6-10-18(11-7-16)22(30)27-21(15(3)29)24(32)28-33/h6-15,20-21,29,33H,25H2,1-3H3,(H,26,31)(H,27,30)(H,28,32)/t15-,20+,21+/m1/s1. The lowest BCUT2D eigenvalue weighted by Gasteiger charge is -2.19.